The molecule has 0 saturated carbocycles. The van der Waals surface area contributed by atoms with Gasteiger partial charge in [0.25, 0.3) is 0 Å². The molecule has 2 heterocycles. The van der Waals surface area contributed by atoms with Crippen molar-refractivity contribution in [1.82, 2.24) is 4.37 Å². The number of carbonyl (C=O) groups is 1. The largest absolute Gasteiger partial charge is 0.481 e. The van der Waals surface area contributed by atoms with E-state index >= 15 is 0 Å². The highest BCUT2D eigenvalue weighted by atomic mass is 32.1. The average molecular weight is 285 g/mol. The molecule has 4 nitrogen and oxygen atoms in total. The molecule has 100 valence electrons. The van der Waals surface area contributed by atoms with E-state index in [-0.39, 0.29) is 6.42 Å². The molecule has 3 rings (SSSR count). The van der Waals surface area contributed by atoms with Crippen molar-refractivity contribution in [1.29, 1.82) is 0 Å². The van der Waals surface area contributed by atoms with Gasteiger partial charge in [0.15, 0.2) is 18.9 Å². The van der Waals surface area contributed by atoms with Gasteiger partial charge in [0.1, 0.15) is 6.42 Å². The second-order valence-corrected chi connectivity index (χ2v) is 5.27. The van der Waals surface area contributed by atoms with E-state index < -0.39 is 5.97 Å². The molecule has 5 heteroatoms. The molecular weight excluding hydrogens is 272 g/mol. The van der Waals surface area contributed by atoms with Gasteiger partial charge in [-0.25, -0.2) is 4.57 Å². The molecule has 0 spiro atoms. The van der Waals surface area contributed by atoms with Crippen molar-refractivity contribution in [2.45, 2.75) is 13.0 Å². The lowest BCUT2D eigenvalue weighted by Crippen LogP contribution is -2.33. The van der Waals surface area contributed by atoms with Crippen LogP contribution in [0.5, 0.6) is 0 Å². The van der Waals surface area contributed by atoms with Gasteiger partial charge in [0, 0.05) is 23.1 Å². The molecule has 1 N–H and O–H groups in total. The molecule has 0 saturated heterocycles. The molecule has 0 atom stereocenters. The maximum atomic E-state index is 10.6. The first-order valence-corrected chi connectivity index (χ1v) is 7.07. The third kappa shape index (κ3) is 2.53. The normalized spacial score (nSPS) is 10.8. The van der Waals surface area contributed by atoms with Crippen molar-refractivity contribution in [3.05, 3.63) is 48.8 Å². The minimum atomic E-state index is -0.782. The Hall–Kier alpha value is -2.27. The van der Waals surface area contributed by atoms with E-state index in [1.165, 1.54) is 11.5 Å². The van der Waals surface area contributed by atoms with E-state index in [0.29, 0.717) is 6.54 Å². The second kappa shape index (κ2) is 5.38. The van der Waals surface area contributed by atoms with E-state index in [1.807, 2.05) is 47.3 Å². The molecule has 0 radical (unpaired) electrons. The number of carboxylic acids is 1. The number of aliphatic carboxylic acids is 1. The van der Waals surface area contributed by atoms with Gasteiger partial charge in [-0.15, -0.1) is 0 Å². The van der Waals surface area contributed by atoms with Crippen LogP contribution in [0.25, 0.3) is 21.3 Å². The maximum absolute atomic E-state index is 10.6. The van der Waals surface area contributed by atoms with Crippen molar-refractivity contribution in [2.75, 3.05) is 0 Å². The highest BCUT2D eigenvalue weighted by Crippen LogP contribution is 2.31. The summed E-state index contributed by atoms with van der Waals surface area (Å²) >= 11 is 1.49. The highest BCUT2D eigenvalue weighted by Gasteiger charge is 2.10. The van der Waals surface area contributed by atoms with Gasteiger partial charge in [0.05, 0.1) is 10.4 Å². The number of hydrogen-bond donors (Lipinski definition) is 1. The molecule has 2 aromatic heterocycles. The Bertz CT molecular complexity index is 750. The molecule has 20 heavy (non-hydrogen) atoms. The molecule has 0 aliphatic carbocycles. The van der Waals surface area contributed by atoms with E-state index in [1.54, 1.807) is 0 Å². The van der Waals surface area contributed by atoms with Crippen LogP contribution in [0.2, 0.25) is 0 Å². The van der Waals surface area contributed by atoms with Crippen molar-refractivity contribution in [3.8, 4) is 10.4 Å². The summed E-state index contributed by atoms with van der Waals surface area (Å²) in [5, 5.41) is 9.83. The molecule has 0 aliphatic rings. The molecule has 0 unspecified atom stereocenters. The Kier molecular flexibility index (Phi) is 3.43. The van der Waals surface area contributed by atoms with Crippen LogP contribution >= 0.6 is 11.5 Å². The first-order chi connectivity index (χ1) is 9.74. The molecule has 0 aliphatic heterocycles. The first-order valence-electron chi connectivity index (χ1n) is 6.30. The molecule has 3 aromatic rings. The van der Waals surface area contributed by atoms with Crippen LogP contribution in [0.3, 0.4) is 0 Å². The summed E-state index contributed by atoms with van der Waals surface area (Å²) < 4.78 is 6.31. The molecule has 0 bridgehead atoms. The Morgan fingerprint density at radius 2 is 1.95 bits per heavy atom. The standard InChI is InChI=1S/C15H12N2O2S/c18-14(19)7-10-17-8-5-11(6-9-17)15-12-3-1-2-4-13(12)16-20-15/h1-6,8-9H,7,10H2/p+1. The topological polar surface area (TPSA) is 54.1 Å². The Morgan fingerprint density at radius 3 is 2.70 bits per heavy atom. The van der Waals surface area contributed by atoms with Gasteiger partial charge >= 0.3 is 5.97 Å². The van der Waals surface area contributed by atoms with Crippen molar-refractivity contribution in [2.24, 2.45) is 0 Å². The van der Waals surface area contributed by atoms with Crippen LogP contribution in [-0.4, -0.2) is 15.4 Å². The van der Waals surface area contributed by atoms with E-state index in [9.17, 15) is 4.79 Å². The van der Waals surface area contributed by atoms with Gasteiger partial charge in [-0.2, -0.15) is 4.37 Å². The number of nitrogens with zero attached hydrogens (tertiary/aromatic N) is 2. The van der Waals surface area contributed by atoms with Gasteiger partial charge in [-0.3, -0.25) is 4.79 Å². The summed E-state index contributed by atoms with van der Waals surface area (Å²) in [5.41, 5.74) is 2.12. The Balaban J connectivity index is 1.89. The van der Waals surface area contributed by atoms with Crippen LogP contribution in [-0.2, 0) is 11.3 Å². The second-order valence-electron chi connectivity index (χ2n) is 4.50. The number of aromatic nitrogens is 2. The smallest absolute Gasteiger partial charge is 0.309 e. The van der Waals surface area contributed by atoms with Crippen molar-refractivity contribution >= 4 is 28.4 Å². The lowest BCUT2D eigenvalue weighted by molar-refractivity contribution is -0.695. The molecule has 1 aromatic carbocycles. The third-order valence-corrected chi connectivity index (χ3v) is 4.05. The van der Waals surface area contributed by atoms with Gasteiger partial charge in [-0.05, 0) is 17.6 Å². The van der Waals surface area contributed by atoms with Crippen LogP contribution in [0.4, 0.5) is 0 Å². The van der Waals surface area contributed by atoms with Crippen LogP contribution in [0, 0.1) is 0 Å². The van der Waals surface area contributed by atoms with E-state index in [0.717, 1.165) is 21.3 Å². The Morgan fingerprint density at radius 1 is 1.20 bits per heavy atom. The fourth-order valence-electron chi connectivity index (χ4n) is 2.08. The maximum Gasteiger partial charge on any atom is 0.309 e. The zero-order valence-corrected chi connectivity index (χ0v) is 11.5. The zero-order chi connectivity index (χ0) is 13.9. The summed E-state index contributed by atoms with van der Waals surface area (Å²) in [6, 6.07) is 12.1. The summed E-state index contributed by atoms with van der Waals surface area (Å²) in [5.74, 6) is -0.782. The number of rotatable bonds is 4. The fraction of sp³-hybridized carbons (Fsp3) is 0.133. The Labute approximate surface area is 120 Å². The number of hydrogen-bond acceptors (Lipinski definition) is 3. The summed E-state index contributed by atoms with van der Waals surface area (Å²) in [6.45, 7) is 0.485. The lowest BCUT2D eigenvalue weighted by Gasteiger charge is -1.98. The number of aryl methyl sites for hydroxylation is 1. The molecule has 0 fully saturated rings. The number of fused-ring (bicyclic) bond motifs is 1. The van der Waals surface area contributed by atoms with Crippen LogP contribution in [0.15, 0.2) is 48.8 Å². The molecular formula is C15H13N2O2S+. The SMILES string of the molecule is O=C(O)CC[n+]1ccc(-c2snc3ccccc23)cc1. The predicted molar refractivity (Wildman–Crippen MR) is 77.5 cm³/mol. The van der Waals surface area contributed by atoms with Gasteiger partial charge < -0.3 is 5.11 Å². The minimum absolute atomic E-state index is 0.132. The molecule has 0 amide bonds. The summed E-state index contributed by atoms with van der Waals surface area (Å²) in [4.78, 5) is 11.7. The van der Waals surface area contributed by atoms with Crippen LogP contribution in [0.1, 0.15) is 6.42 Å². The fourth-order valence-corrected chi connectivity index (χ4v) is 2.94. The van der Waals surface area contributed by atoms with E-state index in [4.69, 9.17) is 5.11 Å². The number of pyridine rings is 1. The lowest BCUT2D eigenvalue weighted by atomic mass is 10.1. The zero-order valence-electron chi connectivity index (χ0n) is 10.7. The van der Waals surface area contributed by atoms with Gasteiger partial charge in [0.2, 0.25) is 0 Å². The summed E-state index contributed by atoms with van der Waals surface area (Å²) in [7, 11) is 0. The third-order valence-electron chi connectivity index (χ3n) is 3.12. The van der Waals surface area contributed by atoms with E-state index in [2.05, 4.69) is 10.4 Å². The monoisotopic (exact) mass is 285 g/mol. The van der Waals surface area contributed by atoms with Crippen molar-refractivity contribution < 1.29 is 14.5 Å². The predicted octanol–water partition coefficient (Wildman–Crippen LogP) is 2.73. The summed E-state index contributed by atoms with van der Waals surface area (Å²) in [6.07, 6.45) is 3.95. The van der Waals surface area contributed by atoms with Crippen molar-refractivity contribution in [3.63, 3.8) is 0 Å². The van der Waals surface area contributed by atoms with Gasteiger partial charge in [-0.1, -0.05) is 18.2 Å². The minimum Gasteiger partial charge on any atom is -0.481 e. The average Bonchev–Trinajstić information content (AvgIpc) is 2.89. The highest BCUT2D eigenvalue weighted by molar-refractivity contribution is 7.11. The van der Waals surface area contributed by atoms with Crippen LogP contribution < -0.4 is 4.57 Å². The number of carboxylic acid groups (broad SMARTS) is 1. The number of benzene rings is 1. The quantitative estimate of drug-likeness (QED) is 0.750. The first kappa shape index (κ1) is 12.7.